The number of nitrogens with zero attached hydrogens (tertiary/aromatic N) is 4. The molecule has 1 aliphatic rings. The van der Waals surface area contributed by atoms with Gasteiger partial charge in [0.25, 0.3) is 0 Å². The zero-order valence-corrected chi connectivity index (χ0v) is 15.4. The van der Waals surface area contributed by atoms with Crippen LogP contribution in [0.5, 0.6) is 0 Å². The quantitative estimate of drug-likeness (QED) is 0.910. The minimum Gasteiger partial charge on any atom is -0.342 e. The van der Waals surface area contributed by atoms with E-state index in [2.05, 4.69) is 15.3 Å². The molecule has 1 aliphatic heterocycles. The van der Waals surface area contributed by atoms with Crippen molar-refractivity contribution in [2.24, 2.45) is 0 Å². The highest BCUT2D eigenvalue weighted by molar-refractivity contribution is 7.19. The van der Waals surface area contributed by atoms with Gasteiger partial charge in [0.2, 0.25) is 11.8 Å². The maximum Gasteiger partial charge on any atom is 0.223 e. The van der Waals surface area contributed by atoms with Crippen LogP contribution in [0.1, 0.15) is 44.0 Å². The minimum atomic E-state index is -0.147. The van der Waals surface area contributed by atoms with Crippen LogP contribution in [0.15, 0.2) is 12.4 Å². The van der Waals surface area contributed by atoms with Crippen molar-refractivity contribution in [3.63, 3.8) is 0 Å². The van der Waals surface area contributed by atoms with Crippen LogP contribution >= 0.6 is 11.3 Å². The van der Waals surface area contributed by atoms with Crippen molar-refractivity contribution < 1.29 is 9.59 Å². The molecule has 0 spiro atoms. The summed E-state index contributed by atoms with van der Waals surface area (Å²) in [5.74, 6) is 0.159. The molecule has 3 heterocycles. The van der Waals surface area contributed by atoms with E-state index in [-0.39, 0.29) is 17.7 Å². The third-order valence-corrected chi connectivity index (χ3v) is 5.35. The lowest BCUT2D eigenvalue weighted by molar-refractivity contribution is -0.130. The summed E-state index contributed by atoms with van der Waals surface area (Å²) in [7, 11) is 0. The first kappa shape index (κ1) is 17.5. The fraction of sp³-hybridized carbons (Fsp3) is 0.471. The van der Waals surface area contributed by atoms with Crippen LogP contribution in [0.2, 0.25) is 0 Å². The molecule has 1 saturated heterocycles. The molecule has 2 amide bonds. The SMILES string of the molecule is CC(=O)Nc1nc(C)c(-c2cncc([C@H]3CCCN(C(C)=O)C3)n2)s1. The number of carbonyl (C=O) groups excluding carboxylic acids is 2. The van der Waals surface area contributed by atoms with E-state index in [1.54, 1.807) is 19.3 Å². The van der Waals surface area contributed by atoms with Gasteiger partial charge < -0.3 is 10.2 Å². The monoisotopic (exact) mass is 359 g/mol. The summed E-state index contributed by atoms with van der Waals surface area (Å²) in [6, 6.07) is 0. The number of aryl methyl sites for hydroxylation is 1. The first-order valence-electron chi connectivity index (χ1n) is 8.27. The Kier molecular flexibility index (Phi) is 5.08. The summed E-state index contributed by atoms with van der Waals surface area (Å²) in [6.45, 7) is 6.46. The van der Waals surface area contributed by atoms with Gasteiger partial charge in [0, 0.05) is 39.1 Å². The van der Waals surface area contributed by atoms with Gasteiger partial charge in [-0.15, -0.1) is 0 Å². The van der Waals surface area contributed by atoms with Gasteiger partial charge in [-0.2, -0.15) is 0 Å². The minimum absolute atomic E-state index is 0.104. The number of anilines is 1. The van der Waals surface area contributed by atoms with Gasteiger partial charge in [-0.05, 0) is 19.8 Å². The predicted molar refractivity (Wildman–Crippen MR) is 96.4 cm³/mol. The standard InChI is InChI=1S/C17H21N5O2S/c1-10-16(25-17(19-10)20-11(2)23)15-8-18-7-14(21-15)13-5-4-6-22(9-13)12(3)24/h7-8,13H,4-6,9H2,1-3H3,(H,19,20,23)/t13-/m0/s1. The summed E-state index contributed by atoms with van der Waals surface area (Å²) in [6.07, 6.45) is 5.47. The number of aromatic nitrogens is 3. The Labute approximate surface area is 150 Å². The number of piperidine rings is 1. The van der Waals surface area contributed by atoms with Crippen molar-refractivity contribution >= 4 is 28.3 Å². The largest absolute Gasteiger partial charge is 0.342 e. The van der Waals surface area contributed by atoms with Crippen molar-refractivity contribution in [3.05, 3.63) is 23.8 Å². The van der Waals surface area contributed by atoms with E-state index in [1.807, 2.05) is 11.8 Å². The van der Waals surface area contributed by atoms with Crippen LogP contribution in [0.25, 0.3) is 10.6 Å². The fourth-order valence-corrected chi connectivity index (χ4v) is 4.00. The molecule has 0 bridgehead atoms. The normalized spacial score (nSPS) is 17.4. The van der Waals surface area contributed by atoms with E-state index in [0.717, 1.165) is 41.3 Å². The van der Waals surface area contributed by atoms with Crippen molar-refractivity contribution in [1.82, 2.24) is 19.9 Å². The molecule has 1 N–H and O–H groups in total. The van der Waals surface area contributed by atoms with E-state index in [9.17, 15) is 9.59 Å². The molecule has 0 aromatic carbocycles. The molecule has 132 valence electrons. The van der Waals surface area contributed by atoms with Crippen LogP contribution < -0.4 is 5.32 Å². The van der Waals surface area contributed by atoms with E-state index < -0.39 is 0 Å². The highest BCUT2D eigenvalue weighted by Gasteiger charge is 2.24. The van der Waals surface area contributed by atoms with Gasteiger partial charge in [0.15, 0.2) is 5.13 Å². The van der Waals surface area contributed by atoms with Crippen LogP contribution in [0, 0.1) is 6.92 Å². The molecule has 7 nitrogen and oxygen atoms in total. The molecule has 2 aromatic rings. The number of hydrogen-bond acceptors (Lipinski definition) is 6. The fourth-order valence-electron chi connectivity index (χ4n) is 3.03. The van der Waals surface area contributed by atoms with Crippen molar-refractivity contribution in [2.75, 3.05) is 18.4 Å². The highest BCUT2D eigenvalue weighted by atomic mass is 32.1. The van der Waals surface area contributed by atoms with Gasteiger partial charge >= 0.3 is 0 Å². The lowest BCUT2D eigenvalue weighted by Gasteiger charge is -2.31. The zero-order chi connectivity index (χ0) is 18.0. The number of thiazole rings is 1. The van der Waals surface area contributed by atoms with Crippen molar-refractivity contribution in [1.29, 1.82) is 0 Å². The third kappa shape index (κ3) is 4.01. The van der Waals surface area contributed by atoms with Gasteiger partial charge in [0.1, 0.15) is 5.69 Å². The first-order chi connectivity index (χ1) is 11.9. The Balaban J connectivity index is 1.85. The molecule has 0 radical (unpaired) electrons. The second-order valence-electron chi connectivity index (χ2n) is 6.25. The topological polar surface area (TPSA) is 88.1 Å². The van der Waals surface area contributed by atoms with Crippen LogP contribution in [0.3, 0.4) is 0 Å². The van der Waals surface area contributed by atoms with E-state index in [4.69, 9.17) is 4.98 Å². The molecule has 8 heteroatoms. The Morgan fingerprint density at radius 2 is 2.08 bits per heavy atom. The average molecular weight is 359 g/mol. The summed E-state index contributed by atoms with van der Waals surface area (Å²) in [4.78, 5) is 39.1. The maximum absolute atomic E-state index is 11.6. The van der Waals surface area contributed by atoms with Crippen LogP contribution in [-0.2, 0) is 9.59 Å². The summed E-state index contributed by atoms with van der Waals surface area (Å²) < 4.78 is 0. The molecule has 3 rings (SSSR count). The van der Waals surface area contributed by atoms with Crippen LogP contribution in [0.4, 0.5) is 5.13 Å². The number of carbonyl (C=O) groups is 2. The van der Waals surface area contributed by atoms with E-state index in [1.165, 1.54) is 18.3 Å². The van der Waals surface area contributed by atoms with Crippen molar-refractivity contribution in [3.8, 4) is 10.6 Å². The molecule has 1 atom stereocenters. The number of hydrogen-bond donors (Lipinski definition) is 1. The molecule has 1 fully saturated rings. The average Bonchev–Trinajstić information content (AvgIpc) is 2.94. The smallest absolute Gasteiger partial charge is 0.223 e. The summed E-state index contributed by atoms with van der Waals surface area (Å²) in [5.41, 5.74) is 2.47. The number of rotatable bonds is 3. The molecule has 0 saturated carbocycles. The zero-order valence-electron chi connectivity index (χ0n) is 14.6. The Hall–Kier alpha value is -2.35. The molecular formula is C17H21N5O2S. The van der Waals surface area contributed by atoms with E-state index in [0.29, 0.717) is 11.7 Å². The van der Waals surface area contributed by atoms with Gasteiger partial charge in [-0.25, -0.2) is 9.97 Å². The molecule has 25 heavy (non-hydrogen) atoms. The van der Waals surface area contributed by atoms with Gasteiger partial charge in [0.05, 0.1) is 22.5 Å². The first-order valence-corrected chi connectivity index (χ1v) is 9.08. The summed E-state index contributed by atoms with van der Waals surface area (Å²) >= 11 is 1.39. The Morgan fingerprint density at radius 3 is 2.80 bits per heavy atom. The maximum atomic E-state index is 11.6. The molecular weight excluding hydrogens is 338 g/mol. The second-order valence-corrected chi connectivity index (χ2v) is 7.25. The Bertz CT molecular complexity index is 804. The molecule has 2 aromatic heterocycles. The van der Waals surface area contributed by atoms with Gasteiger partial charge in [-0.1, -0.05) is 11.3 Å². The van der Waals surface area contributed by atoms with E-state index >= 15 is 0 Å². The highest BCUT2D eigenvalue weighted by Crippen LogP contribution is 2.33. The molecule has 0 unspecified atom stereocenters. The molecule has 0 aliphatic carbocycles. The lowest BCUT2D eigenvalue weighted by Crippen LogP contribution is -2.37. The van der Waals surface area contributed by atoms with Crippen molar-refractivity contribution in [2.45, 2.75) is 39.5 Å². The predicted octanol–water partition coefficient (Wildman–Crippen LogP) is 2.59. The Morgan fingerprint density at radius 1 is 1.28 bits per heavy atom. The second kappa shape index (κ2) is 7.26. The number of likely N-dealkylation sites (tertiary alicyclic amines) is 1. The third-order valence-electron chi connectivity index (χ3n) is 4.25. The lowest BCUT2D eigenvalue weighted by atomic mass is 9.95. The van der Waals surface area contributed by atoms with Crippen LogP contribution in [-0.4, -0.2) is 44.8 Å². The van der Waals surface area contributed by atoms with Gasteiger partial charge in [-0.3, -0.25) is 14.6 Å². The summed E-state index contributed by atoms with van der Waals surface area (Å²) in [5, 5.41) is 3.27. The number of amides is 2. The number of nitrogens with one attached hydrogen (secondary N) is 1.